The average molecular weight is 718 g/mol. The molecule has 0 aromatic heterocycles. The predicted octanol–water partition coefficient (Wildman–Crippen LogP) is 10.2. The quantitative estimate of drug-likeness (QED) is 0.127. The van der Waals surface area contributed by atoms with E-state index in [0.717, 1.165) is 43.6 Å². The lowest BCUT2D eigenvalue weighted by Crippen LogP contribution is -2.20. The number of hydrogen-bond acceptors (Lipinski definition) is 4. The molecule has 0 bridgehead atoms. The van der Waals surface area contributed by atoms with Crippen molar-refractivity contribution in [3.8, 4) is 11.5 Å². The second kappa shape index (κ2) is 14.5. The van der Waals surface area contributed by atoms with E-state index in [2.05, 4.69) is 43.8 Å². The molecule has 1 saturated heterocycles. The number of benzene rings is 4. The number of phenolic OH excluding ortho intramolecular Hbond substituents is 1. The summed E-state index contributed by atoms with van der Waals surface area (Å²) in [5.74, 6) is 0.875. The summed E-state index contributed by atoms with van der Waals surface area (Å²) in [5, 5.41) is 11.6. The maximum Gasteiger partial charge on any atom is 0.308 e. The van der Waals surface area contributed by atoms with Gasteiger partial charge in [-0.2, -0.15) is 0 Å². The highest BCUT2D eigenvalue weighted by Gasteiger charge is 2.36. The second-order valence-electron chi connectivity index (χ2n) is 9.68. The maximum absolute atomic E-state index is 11.1. The Morgan fingerprint density at radius 2 is 1.51 bits per heavy atom. The number of phenols is 1. The highest BCUT2D eigenvalue weighted by atomic mass is 79.9. The van der Waals surface area contributed by atoms with E-state index in [1.807, 2.05) is 84.9 Å². The first-order chi connectivity index (χ1) is 19.6. The number of hydrogen-bond donors (Lipinski definition) is 1. The highest BCUT2D eigenvalue weighted by molar-refractivity contribution is 9.10. The zero-order chi connectivity index (χ0) is 29.5. The van der Waals surface area contributed by atoms with Crippen molar-refractivity contribution in [2.24, 2.45) is 0 Å². The van der Waals surface area contributed by atoms with Gasteiger partial charge >= 0.3 is 5.97 Å². The van der Waals surface area contributed by atoms with E-state index >= 15 is 0 Å². The van der Waals surface area contributed by atoms with Crippen LogP contribution in [-0.2, 0) is 4.79 Å². The number of likely N-dealkylation sites (N-methyl/N-ethyl adjacent to an activating group) is 1. The van der Waals surface area contributed by atoms with Gasteiger partial charge in [0, 0.05) is 49.0 Å². The molecule has 0 unspecified atom stereocenters. The Kier molecular flexibility index (Phi) is 11.1. The van der Waals surface area contributed by atoms with Gasteiger partial charge in [0.05, 0.1) is 0 Å². The van der Waals surface area contributed by atoms with E-state index in [4.69, 9.17) is 27.9 Å². The van der Waals surface area contributed by atoms with Crippen molar-refractivity contribution in [1.82, 2.24) is 4.90 Å². The van der Waals surface area contributed by atoms with E-state index in [1.165, 1.54) is 12.5 Å². The molecule has 0 aliphatic carbocycles. The minimum Gasteiger partial charge on any atom is -0.508 e. The van der Waals surface area contributed by atoms with E-state index in [9.17, 15) is 9.90 Å². The lowest BCUT2D eigenvalue weighted by Gasteiger charge is -2.27. The number of aromatic hydroxyl groups is 1. The molecule has 0 spiro atoms. The SMILES string of the molecule is CC(=O)Oc1ccccc1/C=C/c1cc(Cl)ccc1Br.CN1CC[C@@H](c2cc(Cl)ccc2Br)[C@@H]1c1ccccc1O. The van der Waals surface area contributed by atoms with Crippen LogP contribution in [0, 0.1) is 0 Å². The summed E-state index contributed by atoms with van der Waals surface area (Å²) >= 11 is 19.3. The number of ether oxygens (including phenoxy) is 1. The van der Waals surface area contributed by atoms with Crippen LogP contribution in [0.3, 0.4) is 0 Å². The van der Waals surface area contributed by atoms with Gasteiger partial charge in [-0.1, -0.05) is 104 Å². The van der Waals surface area contributed by atoms with Crippen LogP contribution in [0.15, 0.2) is 93.9 Å². The minimum absolute atomic E-state index is 0.168. The van der Waals surface area contributed by atoms with Gasteiger partial charge in [0.25, 0.3) is 0 Å². The first kappa shape index (κ1) is 31.3. The molecule has 1 N–H and O–H groups in total. The molecule has 1 heterocycles. The van der Waals surface area contributed by atoms with Crippen molar-refractivity contribution in [2.45, 2.75) is 25.3 Å². The zero-order valence-electron chi connectivity index (χ0n) is 22.5. The fourth-order valence-corrected chi connectivity index (χ4v) is 6.23. The first-order valence-corrected chi connectivity index (χ1v) is 15.3. The third-order valence-corrected chi connectivity index (χ3v) is 8.75. The molecule has 212 valence electrons. The highest BCUT2D eigenvalue weighted by Crippen LogP contribution is 2.47. The molecule has 2 atom stereocenters. The lowest BCUT2D eigenvalue weighted by molar-refractivity contribution is -0.131. The van der Waals surface area contributed by atoms with Crippen molar-refractivity contribution in [3.63, 3.8) is 0 Å². The minimum atomic E-state index is -0.338. The molecule has 1 fully saturated rings. The van der Waals surface area contributed by atoms with Crippen LogP contribution in [0.25, 0.3) is 12.2 Å². The van der Waals surface area contributed by atoms with Crippen molar-refractivity contribution in [3.05, 3.63) is 126 Å². The Morgan fingerprint density at radius 1 is 0.878 bits per heavy atom. The number of halogens is 4. The topological polar surface area (TPSA) is 49.8 Å². The number of para-hydroxylation sites is 2. The van der Waals surface area contributed by atoms with Crippen molar-refractivity contribution >= 4 is 73.2 Å². The number of carbonyl (C=O) groups excluding carboxylic acids is 1. The average Bonchev–Trinajstić information content (AvgIpc) is 3.32. The Morgan fingerprint density at radius 3 is 2.24 bits per heavy atom. The third kappa shape index (κ3) is 8.24. The summed E-state index contributed by atoms with van der Waals surface area (Å²) in [6.07, 6.45) is 4.85. The van der Waals surface area contributed by atoms with Gasteiger partial charge in [-0.15, -0.1) is 0 Å². The predicted molar refractivity (Wildman–Crippen MR) is 176 cm³/mol. The van der Waals surface area contributed by atoms with Gasteiger partial charge in [0.15, 0.2) is 0 Å². The van der Waals surface area contributed by atoms with Crippen LogP contribution in [0.2, 0.25) is 10.0 Å². The summed E-state index contributed by atoms with van der Waals surface area (Å²) in [6, 6.07) is 26.6. The van der Waals surface area contributed by atoms with Crippen LogP contribution in [0.5, 0.6) is 11.5 Å². The number of esters is 1. The van der Waals surface area contributed by atoms with E-state index in [1.54, 1.807) is 12.1 Å². The molecular weight excluding hydrogens is 689 g/mol. The van der Waals surface area contributed by atoms with Crippen molar-refractivity contribution in [1.29, 1.82) is 0 Å². The largest absolute Gasteiger partial charge is 0.508 e. The van der Waals surface area contributed by atoms with Crippen LogP contribution in [0.4, 0.5) is 0 Å². The summed E-state index contributed by atoms with van der Waals surface area (Å²) < 4.78 is 7.18. The van der Waals surface area contributed by atoms with Gasteiger partial charge in [-0.3, -0.25) is 9.69 Å². The molecule has 4 aromatic rings. The van der Waals surface area contributed by atoms with Gasteiger partial charge in [0.2, 0.25) is 0 Å². The molecule has 5 rings (SSSR count). The Balaban J connectivity index is 0.000000189. The van der Waals surface area contributed by atoms with Crippen molar-refractivity contribution < 1.29 is 14.6 Å². The fraction of sp³-hybridized carbons (Fsp3) is 0.182. The standard InChI is InChI=1S/C17H17BrClNO.C16H12BrClO2/c1-20-9-8-12(14-10-11(19)6-7-15(14)18)17(20)13-4-2-3-5-16(13)21;1-11(19)20-16-5-3-2-4-12(16)6-7-13-10-14(18)8-9-15(13)17/h2-7,10,12,17,21H,8-9H2,1H3;2-10H,1H3/b;7-6+/t12-,17+;/m0./s1. The molecule has 41 heavy (non-hydrogen) atoms. The van der Waals surface area contributed by atoms with Crippen LogP contribution in [0.1, 0.15) is 47.6 Å². The molecule has 4 aromatic carbocycles. The summed E-state index contributed by atoms with van der Waals surface area (Å²) in [7, 11) is 2.11. The number of likely N-dealkylation sites (tertiary alicyclic amines) is 1. The van der Waals surface area contributed by atoms with Gasteiger partial charge in [-0.05, 0) is 79.7 Å². The molecule has 0 radical (unpaired) electrons. The monoisotopic (exact) mass is 715 g/mol. The number of nitrogens with zero attached hydrogens (tertiary/aromatic N) is 1. The van der Waals surface area contributed by atoms with E-state index < -0.39 is 0 Å². The molecular formula is C33H29Br2Cl2NO3. The molecule has 1 aliphatic heterocycles. The smallest absolute Gasteiger partial charge is 0.308 e. The maximum atomic E-state index is 11.1. The molecule has 8 heteroatoms. The van der Waals surface area contributed by atoms with Gasteiger partial charge < -0.3 is 9.84 Å². The summed E-state index contributed by atoms with van der Waals surface area (Å²) in [6.45, 7) is 2.39. The van der Waals surface area contributed by atoms with Gasteiger partial charge in [0.1, 0.15) is 11.5 Å². The van der Waals surface area contributed by atoms with Crippen molar-refractivity contribution in [2.75, 3.05) is 13.6 Å². The first-order valence-electron chi connectivity index (χ1n) is 13.0. The number of rotatable bonds is 5. The normalized spacial score (nSPS) is 16.8. The Bertz CT molecular complexity index is 1560. The van der Waals surface area contributed by atoms with Crippen LogP contribution < -0.4 is 4.74 Å². The fourth-order valence-electron chi connectivity index (χ4n) is 4.95. The van der Waals surface area contributed by atoms with E-state index in [-0.39, 0.29) is 12.0 Å². The number of carbonyl (C=O) groups is 1. The van der Waals surface area contributed by atoms with Crippen LogP contribution >= 0.6 is 55.1 Å². The third-order valence-electron chi connectivity index (χ3n) is 6.83. The Hall–Kier alpha value is -2.61. The molecule has 4 nitrogen and oxygen atoms in total. The summed E-state index contributed by atoms with van der Waals surface area (Å²) in [4.78, 5) is 13.4. The summed E-state index contributed by atoms with van der Waals surface area (Å²) in [5.41, 5.74) is 3.97. The van der Waals surface area contributed by atoms with E-state index in [0.29, 0.717) is 22.4 Å². The Labute approximate surface area is 267 Å². The molecule has 1 aliphatic rings. The zero-order valence-corrected chi connectivity index (χ0v) is 27.2. The lowest BCUT2D eigenvalue weighted by atomic mass is 9.87. The van der Waals surface area contributed by atoms with Gasteiger partial charge in [-0.25, -0.2) is 0 Å². The second-order valence-corrected chi connectivity index (χ2v) is 12.3. The molecule has 0 amide bonds. The molecule has 0 saturated carbocycles. The van der Waals surface area contributed by atoms with Crippen LogP contribution in [-0.4, -0.2) is 29.6 Å².